The van der Waals surface area contributed by atoms with Crippen molar-refractivity contribution in [1.82, 2.24) is 0 Å². The van der Waals surface area contributed by atoms with Gasteiger partial charge in [0.1, 0.15) is 6.10 Å². The van der Waals surface area contributed by atoms with Gasteiger partial charge in [-0.3, -0.25) is 9.59 Å². The fraction of sp³-hybridized carbons (Fsp3) is 0.286. The van der Waals surface area contributed by atoms with E-state index >= 15 is 0 Å². The van der Waals surface area contributed by atoms with E-state index in [2.05, 4.69) is 11.3 Å². The van der Waals surface area contributed by atoms with Gasteiger partial charge >= 0.3 is 11.9 Å². The molecule has 1 atom stereocenters. The number of esters is 2. The third-order valence-electron chi connectivity index (χ3n) is 1.86. The molecule has 0 aliphatic heterocycles. The second-order valence-electron chi connectivity index (χ2n) is 3.44. The van der Waals surface area contributed by atoms with Crippen molar-refractivity contribution in [2.75, 3.05) is 0 Å². The summed E-state index contributed by atoms with van der Waals surface area (Å²) in [5.74, 6) is -0.573. The minimum Gasteiger partial charge on any atom is -0.458 e. The Labute approximate surface area is 107 Å². The minimum absolute atomic E-state index is 0.149. The van der Waals surface area contributed by atoms with E-state index < -0.39 is 0 Å². The lowest BCUT2D eigenvalue weighted by Crippen LogP contribution is -2.04. The molecule has 1 aromatic rings. The summed E-state index contributed by atoms with van der Waals surface area (Å²) in [6, 6.07) is 9.66. The molecular weight excluding hydrogens is 232 g/mol. The van der Waals surface area contributed by atoms with Gasteiger partial charge in [-0.05, 0) is 12.5 Å². The zero-order valence-corrected chi connectivity index (χ0v) is 10.9. The first-order valence-corrected chi connectivity index (χ1v) is 5.47. The molecule has 0 heterocycles. The normalized spacial score (nSPS) is 10.4. The van der Waals surface area contributed by atoms with Gasteiger partial charge in [0.15, 0.2) is 0 Å². The van der Waals surface area contributed by atoms with Crippen molar-refractivity contribution in [3.63, 3.8) is 0 Å². The van der Waals surface area contributed by atoms with E-state index in [1.165, 1.54) is 13.8 Å². The van der Waals surface area contributed by atoms with E-state index in [0.29, 0.717) is 0 Å². The maximum Gasteiger partial charge on any atom is 0.307 e. The third kappa shape index (κ3) is 8.10. The highest BCUT2D eigenvalue weighted by atomic mass is 16.5. The van der Waals surface area contributed by atoms with Crippen LogP contribution in [-0.2, 0) is 19.1 Å². The van der Waals surface area contributed by atoms with Crippen LogP contribution in [0.4, 0.5) is 0 Å². The number of hydrogen-bond donors (Lipinski definition) is 0. The Hall–Kier alpha value is -2.10. The summed E-state index contributed by atoms with van der Waals surface area (Å²) in [5.41, 5.74) is 1.02. The molecule has 0 fully saturated rings. The summed E-state index contributed by atoms with van der Waals surface area (Å²) < 4.78 is 9.16. The molecule has 4 heteroatoms. The Kier molecular flexibility index (Phi) is 7.94. The topological polar surface area (TPSA) is 52.6 Å². The molecule has 4 nitrogen and oxygen atoms in total. The highest BCUT2D eigenvalue weighted by Crippen LogP contribution is 2.15. The molecule has 0 bridgehead atoms. The van der Waals surface area contributed by atoms with Crippen LogP contribution in [0.1, 0.15) is 32.4 Å². The standard InChI is InChI=1S/C10H12O2.C4H6O2/c1-8(12-9(2)11)10-6-4-3-5-7-10;1-3-6-4(2)5/h3-8H,1-2H3;3H,1H2,2H3. The molecule has 0 saturated heterocycles. The Morgan fingerprint density at radius 2 is 1.72 bits per heavy atom. The molecule has 0 spiro atoms. The highest BCUT2D eigenvalue weighted by Gasteiger charge is 2.06. The van der Waals surface area contributed by atoms with E-state index in [-0.39, 0.29) is 18.0 Å². The second-order valence-corrected chi connectivity index (χ2v) is 3.44. The van der Waals surface area contributed by atoms with Crippen molar-refractivity contribution in [2.45, 2.75) is 26.9 Å². The summed E-state index contributed by atoms with van der Waals surface area (Å²) in [7, 11) is 0. The number of benzene rings is 1. The SMILES string of the molecule is C=COC(C)=O.CC(=O)OC(C)c1ccccc1. The molecule has 1 aromatic carbocycles. The maximum absolute atomic E-state index is 10.6. The van der Waals surface area contributed by atoms with Crippen LogP contribution in [0.25, 0.3) is 0 Å². The van der Waals surface area contributed by atoms with Crippen LogP contribution in [0.5, 0.6) is 0 Å². The molecule has 1 rings (SSSR count). The van der Waals surface area contributed by atoms with Crippen LogP contribution in [0, 0.1) is 0 Å². The van der Waals surface area contributed by atoms with Gasteiger partial charge in [-0.1, -0.05) is 36.9 Å². The lowest BCUT2D eigenvalue weighted by molar-refractivity contribution is -0.145. The van der Waals surface area contributed by atoms with Crippen molar-refractivity contribution < 1.29 is 19.1 Å². The molecule has 0 aliphatic rings. The van der Waals surface area contributed by atoms with Gasteiger partial charge in [0.2, 0.25) is 0 Å². The van der Waals surface area contributed by atoms with Crippen LogP contribution >= 0.6 is 0 Å². The Balaban J connectivity index is 0.000000411. The maximum atomic E-state index is 10.6. The predicted octanol–water partition coefficient (Wildman–Crippen LogP) is 3.00. The number of rotatable bonds is 3. The highest BCUT2D eigenvalue weighted by molar-refractivity contribution is 5.66. The molecule has 0 saturated carbocycles. The Morgan fingerprint density at radius 3 is 2.06 bits per heavy atom. The molecule has 0 aromatic heterocycles. The van der Waals surface area contributed by atoms with Crippen LogP contribution in [0.15, 0.2) is 43.2 Å². The molecule has 1 unspecified atom stereocenters. The number of carbonyl (C=O) groups excluding carboxylic acids is 2. The minimum atomic E-state index is -0.329. The van der Waals surface area contributed by atoms with Crippen LogP contribution < -0.4 is 0 Å². The second kappa shape index (κ2) is 8.98. The number of carbonyl (C=O) groups is 2. The van der Waals surface area contributed by atoms with E-state index in [9.17, 15) is 9.59 Å². The van der Waals surface area contributed by atoms with Gasteiger partial charge < -0.3 is 9.47 Å². The smallest absolute Gasteiger partial charge is 0.307 e. The molecule has 0 aliphatic carbocycles. The average Bonchev–Trinajstić information content (AvgIpc) is 2.30. The van der Waals surface area contributed by atoms with Crippen LogP contribution in [0.2, 0.25) is 0 Å². The van der Waals surface area contributed by atoms with Gasteiger partial charge in [-0.15, -0.1) is 0 Å². The van der Waals surface area contributed by atoms with E-state index in [1.54, 1.807) is 0 Å². The fourth-order valence-corrected chi connectivity index (χ4v) is 1.16. The summed E-state index contributed by atoms with van der Waals surface area (Å²) >= 11 is 0. The summed E-state index contributed by atoms with van der Waals surface area (Å²) in [4.78, 5) is 20.4. The first kappa shape index (κ1) is 15.9. The predicted molar refractivity (Wildman–Crippen MR) is 68.6 cm³/mol. The lowest BCUT2D eigenvalue weighted by Gasteiger charge is -2.11. The van der Waals surface area contributed by atoms with Crippen molar-refractivity contribution in [3.05, 3.63) is 48.7 Å². The summed E-state index contributed by atoms with van der Waals surface area (Å²) in [6.07, 6.45) is 0.950. The zero-order chi connectivity index (χ0) is 14.0. The van der Waals surface area contributed by atoms with Crippen molar-refractivity contribution in [2.24, 2.45) is 0 Å². The van der Waals surface area contributed by atoms with Gasteiger partial charge in [0.05, 0.1) is 6.26 Å². The molecule has 0 amide bonds. The fourth-order valence-electron chi connectivity index (χ4n) is 1.16. The molecule has 0 N–H and O–H groups in total. The Morgan fingerprint density at radius 1 is 1.17 bits per heavy atom. The first-order valence-electron chi connectivity index (χ1n) is 5.47. The van der Waals surface area contributed by atoms with E-state index in [4.69, 9.17) is 4.74 Å². The number of ether oxygens (including phenoxy) is 2. The molecular formula is C14H18O4. The van der Waals surface area contributed by atoms with E-state index in [1.807, 2.05) is 37.3 Å². The number of hydrogen-bond acceptors (Lipinski definition) is 4. The van der Waals surface area contributed by atoms with Crippen LogP contribution in [0.3, 0.4) is 0 Å². The van der Waals surface area contributed by atoms with Gasteiger partial charge in [-0.25, -0.2) is 0 Å². The molecule has 18 heavy (non-hydrogen) atoms. The first-order chi connectivity index (χ1) is 8.47. The van der Waals surface area contributed by atoms with Gasteiger partial charge in [-0.2, -0.15) is 0 Å². The lowest BCUT2D eigenvalue weighted by atomic mass is 10.1. The average molecular weight is 250 g/mol. The zero-order valence-electron chi connectivity index (χ0n) is 10.9. The van der Waals surface area contributed by atoms with Crippen molar-refractivity contribution in [1.29, 1.82) is 0 Å². The quantitative estimate of drug-likeness (QED) is 0.611. The monoisotopic (exact) mass is 250 g/mol. The van der Waals surface area contributed by atoms with Crippen LogP contribution in [-0.4, -0.2) is 11.9 Å². The van der Waals surface area contributed by atoms with Gasteiger partial charge in [0, 0.05) is 13.8 Å². The third-order valence-corrected chi connectivity index (χ3v) is 1.86. The molecule has 0 radical (unpaired) electrons. The summed E-state index contributed by atoms with van der Waals surface area (Å²) in [5, 5.41) is 0. The largest absolute Gasteiger partial charge is 0.458 e. The summed E-state index contributed by atoms with van der Waals surface area (Å²) in [6.45, 7) is 7.75. The van der Waals surface area contributed by atoms with Gasteiger partial charge in [0.25, 0.3) is 0 Å². The van der Waals surface area contributed by atoms with Crippen molar-refractivity contribution >= 4 is 11.9 Å². The molecule has 98 valence electrons. The van der Waals surface area contributed by atoms with Crippen molar-refractivity contribution in [3.8, 4) is 0 Å². The van der Waals surface area contributed by atoms with E-state index in [0.717, 1.165) is 11.8 Å². The Bertz CT molecular complexity index is 384.